The predicted molar refractivity (Wildman–Crippen MR) is 73.4 cm³/mol. The van der Waals surface area contributed by atoms with Crippen LogP contribution < -0.4 is 10.6 Å². The van der Waals surface area contributed by atoms with Crippen molar-refractivity contribution in [2.75, 3.05) is 6.54 Å². The molecule has 18 heavy (non-hydrogen) atoms. The number of carbonyl (C=O) groups is 1. The third-order valence-corrected chi connectivity index (χ3v) is 3.62. The Bertz CT molecular complexity index is 440. The van der Waals surface area contributed by atoms with E-state index in [-0.39, 0.29) is 11.9 Å². The van der Waals surface area contributed by atoms with E-state index < -0.39 is 5.54 Å². The molecule has 1 amide bonds. The van der Waals surface area contributed by atoms with E-state index in [9.17, 15) is 4.79 Å². The summed E-state index contributed by atoms with van der Waals surface area (Å²) in [7, 11) is 0. The maximum atomic E-state index is 12.2. The number of carbonyl (C=O) groups excluding carboxylic acids is 1. The van der Waals surface area contributed by atoms with Crippen molar-refractivity contribution in [2.24, 2.45) is 0 Å². The van der Waals surface area contributed by atoms with Gasteiger partial charge >= 0.3 is 0 Å². The third-order valence-electron chi connectivity index (χ3n) is 3.62. The summed E-state index contributed by atoms with van der Waals surface area (Å²) in [4.78, 5) is 12.2. The molecule has 0 radical (unpaired) electrons. The Morgan fingerprint density at radius 1 is 1.39 bits per heavy atom. The van der Waals surface area contributed by atoms with Crippen LogP contribution in [0.1, 0.15) is 44.4 Å². The summed E-state index contributed by atoms with van der Waals surface area (Å²) in [6.45, 7) is 6.65. The number of fused-ring (bicyclic) bond motifs is 1. The lowest BCUT2D eigenvalue weighted by atomic mass is 10.0. The normalized spacial score (nSPS) is 18.5. The number of amides is 1. The summed E-state index contributed by atoms with van der Waals surface area (Å²) in [5, 5.41) is 6.37. The van der Waals surface area contributed by atoms with Gasteiger partial charge in [-0.2, -0.15) is 0 Å². The highest BCUT2D eigenvalue weighted by atomic mass is 16.2. The second kappa shape index (κ2) is 5.11. The van der Waals surface area contributed by atoms with Crippen LogP contribution >= 0.6 is 0 Å². The van der Waals surface area contributed by atoms with Crippen molar-refractivity contribution in [1.29, 1.82) is 0 Å². The largest absolute Gasteiger partial charge is 0.348 e. The van der Waals surface area contributed by atoms with Gasteiger partial charge in [0.15, 0.2) is 0 Å². The zero-order chi connectivity index (χ0) is 13.2. The highest BCUT2D eigenvalue weighted by Crippen LogP contribution is 2.30. The second-order valence-corrected chi connectivity index (χ2v) is 5.42. The monoisotopic (exact) mass is 246 g/mol. The minimum absolute atomic E-state index is 0.0750. The fourth-order valence-corrected chi connectivity index (χ4v) is 2.57. The van der Waals surface area contributed by atoms with E-state index in [0.29, 0.717) is 0 Å². The van der Waals surface area contributed by atoms with E-state index in [4.69, 9.17) is 0 Å². The molecule has 1 aliphatic carbocycles. The van der Waals surface area contributed by atoms with E-state index >= 15 is 0 Å². The van der Waals surface area contributed by atoms with E-state index in [1.54, 1.807) is 0 Å². The van der Waals surface area contributed by atoms with Crippen molar-refractivity contribution in [2.45, 2.75) is 45.2 Å². The average Bonchev–Trinajstić information content (AvgIpc) is 2.73. The van der Waals surface area contributed by atoms with Crippen LogP contribution in [0.25, 0.3) is 0 Å². The van der Waals surface area contributed by atoms with Gasteiger partial charge in [-0.3, -0.25) is 4.79 Å². The Hall–Kier alpha value is -1.35. The Morgan fingerprint density at radius 3 is 2.83 bits per heavy atom. The maximum Gasteiger partial charge on any atom is 0.240 e. The summed E-state index contributed by atoms with van der Waals surface area (Å²) in [5.74, 6) is 0.0750. The van der Waals surface area contributed by atoms with Crippen LogP contribution in [0.15, 0.2) is 24.3 Å². The zero-order valence-corrected chi connectivity index (χ0v) is 11.4. The van der Waals surface area contributed by atoms with Gasteiger partial charge in [-0.1, -0.05) is 31.2 Å². The summed E-state index contributed by atoms with van der Waals surface area (Å²) in [5.41, 5.74) is 2.13. The van der Waals surface area contributed by atoms with E-state index in [1.165, 1.54) is 11.1 Å². The predicted octanol–water partition coefficient (Wildman–Crippen LogP) is 2.18. The molecule has 0 aliphatic heterocycles. The molecule has 3 heteroatoms. The summed E-state index contributed by atoms with van der Waals surface area (Å²) < 4.78 is 0. The lowest BCUT2D eigenvalue weighted by molar-refractivity contribution is -0.127. The molecule has 1 aromatic carbocycles. The topological polar surface area (TPSA) is 41.1 Å². The van der Waals surface area contributed by atoms with Crippen LogP contribution in [0.3, 0.4) is 0 Å². The first-order chi connectivity index (χ1) is 8.54. The van der Waals surface area contributed by atoms with E-state index in [0.717, 1.165) is 19.4 Å². The van der Waals surface area contributed by atoms with Crippen LogP contribution in [0.4, 0.5) is 0 Å². The van der Waals surface area contributed by atoms with E-state index in [2.05, 4.69) is 28.8 Å². The van der Waals surface area contributed by atoms with Crippen LogP contribution in [0, 0.1) is 0 Å². The lowest BCUT2D eigenvalue weighted by Gasteiger charge is -2.27. The van der Waals surface area contributed by atoms with Crippen molar-refractivity contribution in [1.82, 2.24) is 10.6 Å². The molecule has 0 fully saturated rings. The Balaban J connectivity index is 2.06. The van der Waals surface area contributed by atoms with Gasteiger partial charge in [-0.05, 0) is 44.4 Å². The standard InChI is InChI=1S/C15H22N2O/c1-4-16-15(2,3)14(18)17-13-10-9-11-7-5-6-8-12(11)13/h5-8,13,16H,4,9-10H2,1-3H3,(H,17,18). The molecule has 0 heterocycles. The van der Waals surface area contributed by atoms with E-state index in [1.807, 2.05) is 26.8 Å². The van der Waals surface area contributed by atoms with Gasteiger partial charge in [-0.15, -0.1) is 0 Å². The molecule has 2 rings (SSSR count). The van der Waals surface area contributed by atoms with Gasteiger partial charge in [0.1, 0.15) is 0 Å². The van der Waals surface area contributed by atoms with Gasteiger partial charge in [0, 0.05) is 0 Å². The molecule has 1 aliphatic rings. The van der Waals surface area contributed by atoms with Crippen molar-refractivity contribution in [3.63, 3.8) is 0 Å². The number of benzene rings is 1. The highest BCUT2D eigenvalue weighted by molar-refractivity contribution is 5.85. The van der Waals surface area contributed by atoms with Crippen molar-refractivity contribution in [3.05, 3.63) is 35.4 Å². The number of rotatable bonds is 4. The molecule has 1 atom stereocenters. The minimum atomic E-state index is -0.508. The molecule has 1 unspecified atom stereocenters. The molecule has 2 N–H and O–H groups in total. The molecule has 0 spiro atoms. The highest BCUT2D eigenvalue weighted by Gasteiger charge is 2.30. The first-order valence-electron chi connectivity index (χ1n) is 6.68. The Labute approximate surface area is 109 Å². The van der Waals surface area contributed by atoms with Crippen molar-refractivity contribution < 1.29 is 4.79 Å². The van der Waals surface area contributed by atoms with Gasteiger partial charge in [-0.25, -0.2) is 0 Å². The van der Waals surface area contributed by atoms with Crippen LogP contribution in [0.2, 0.25) is 0 Å². The fourth-order valence-electron chi connectivity index (χ4n) is 2.57. The van der Waals surface area contributed by atoms with Gasteiger partial charge in [0.05, 0.1) is 11.6 Å². The molecule has 0 bridgehead atoms. The number of hydrogen-bond donors (Lipinski definition) is 2. The van der Waals surface area contributed by atoms with Crippen LogP contribution in [0.5, 0.6) is 0 Å². The summed E-state index contributed by atoms with van der Waals surface area (Å²) in [6.07, 6.45) is 2.07. The molecule has 98 valence electrons. The van der Waals surface area contributed by atoms with Crippen LogP contribution in [-0.4, -0.2) is 18.0 Å². The third kappa shape index (κ3) is 2.56. The Kier molecular flexibility index (Phi) is 3.71. The second-order valence-electron chi connectivity index (χ2n) is 5.42. The Morgan fingerprint density at radius 2 is 2.11 bits per heavy atom. The van der Waals surface area contributed by atoms with Gasteiger partial charge in [0.2, 0.25) is 5.91 Å². The number of nitrogens with one attached hydrogen (secondary N) is 2. The smallest absolute Gasteiger partial charge is 0.240 e. The molecule has 1 aromatic rings. The quantitative estimate of drug-likeness (QED) is 0.855. The first-order valence-corrected chi connectivity index (χ1v) is 6.68. The molecule has 0 saturated carbocycles. The lowest BCUT2D eigenvalue weighted by Crippen LogP contribution is -2.53. The molecular weight excluding hydrogens is 224 g/mol. The molecule has 0 aromatic heterocycles. The number of hydrogen-bond acceptors (Lipinski definition) is 2. The van der Waals surface area contributed by atoms with Crippen molar-refractivity contribution in [3.8, 4) is 0 Å². The summed E-state index contributed by atoms with van der Waals surface area (Å²) in [6, 6.07) is 8.54. The van der Waals surface area contributed by atoms with Crippen LogP contribution in [-0.2, 0) is 11.2 Å². The molecule has 0 saturated heterocycles. The SMILES string of the molecule is CCNC(C)(C)C(=O)NC1CCc2ccccc21. The van der Waals surface area contributed by atoms with Crippen molar-refractivity contribution >= 4 is 5.91 Å². The molecular formula is C15H22N2O. The minimum Gasteiger partial charge on any atom is -0.348 e. The number of aryl methyl sites for hydroxylation is 1. The number of likely N-dealkylation sites (N-methyl/N-ethyl adjacent to an activating group) is 1. The van der Waals surface area contributed by atoms with Gasteiger partial charge < -0.3 is 10.6 Å². The summed E-state index contributed by atoms with van der Waals surface area (Å²) >= 11 is 0. The molecule has 3 nitrogen and oxygen atoms in total. The van der Waals surface area contributed by atoms with Gasteiger partial charge in [0.25, 0.3) is 0 Å². The maximum absolute atomic E-state index is 12.2. The fraction of sp³-hybridized carbons (Fsp3) is 0.533. The first kappa shape index (κ1) is 13.1. The average molecular weight is 246 g/mol. The zero-order valence-electron chi connectivity index (χ0n) is 11.4.